The van der Waals surface area contributed by atoms with Gasteiger partial charge in [0.1, 0.15) is 11.4 Å². The van der Waals surface area contributed by atoms with Crippen molar-refractivity contribution in [2.24, 2.45) is 0 Å². The normalized spacial score (nSPS) is 14.4. The van der Waals surface area contributed by atoms with Gasteiger partial charge in [-0.05, 0) is 38.5 Å². The predicted octanol–water partition coefficient (Wildman–Crippen LogP) is 3.07. The minimum atomic E-state index is -0.493. The van der Waals surface area contributed by atoms with Crippen LogP contribution in [0.1, 0.15) is 36.7 Å². The van der Waals surface area contributed by atoms with Gasteiger partial charge in [0.15, 0.2) is 0 Å². The molecule has 0 radical (unpaired) electrons. The fourth-order valence-corrected chi connectivity index (χ4v) is 3.03. The van der Waals surface area contributed by atoms with Gasteiger partial charge in [-0.1, -0.05) is 30.3 Å². The highest BCUT2D eigenvalue weighted by atomic mass is 16.6. The zero-order valence-electron chi connectivity index (χ0n) is 17.2. The Kier molecular flexibility index (Phi) is 6.36. The van der Waals surface area contributed by atoms with Gasteiger partial charge < -0.3 is 19.9 Å². The van der Waals surface area contributed by atoms with E-state index in [2.05, 4.69) is 15.2 Å². The predicted molar refractivity (Wildman–Crippen MR) is 112 cm³/mol. The summed E-state index contributed by atoms with van der Waals surface area (Å²) in [5.41, 5.74) is 1.08. The number of piperazine rings is 1. The third-order valence-electron chi connectivity index (χ3n) is 4.56. The zero-order chi connectivity index (χ0) is 20.9. The number of hydrogen-bond donors (Lipinski definition) is 1. The number of benzene rings is 1. The van der Waals surface area contributed by atoms with Crippen molar-refractivity contribution < 1.29 is 14.3 Å². The summed E-state index contributed by atoms with van der Waals surface area (Å²) in [6, 6.07) is 13.4. The first-order chi connectivity index (χ1) is 13.8. The van der Waals surface area contributed by atoms with E-state index in [4.69, 9.17) is 4.74 Å². The van der Waals surface area contributed by atoms with Crippen molar-refractivity contribution in [2.75, 3.05) is 31.1 Å². The number of carbonyl (C=O) groups excluding carboxylic acids is 2. The molecule has 154 valence electrons. The largest absolute Gasteiger partial charge is 0.444 e. The quantitative estimate of drug-likeness (QED) is 0.860. The number of nitrogens with one attached hydrogen (secondary N) is 1. The third kappa shape index (κ3) is 5.94. The van der Waals surface area contributed by atoms with E-state index < -0.39 is 5.60 Å². The Balaban J connectivity index is 1.50. The van der Waals surface area contributed by atoms with E-state index in [0.717, 1.165) is 11.4 Å². The van der Waals surface area contributed by atoms with Crippen molar-refractivity contribution in [1.82, 2.24) is 15.2 Å². The first-order valence-electron chi connectivity index (χ1n) is 9.83. The number of carbonyl (C=O) groups is 2. The van der Waals surface area contributed by atoms with Gasteiger partial charge in [0.05, 0.1) is 5.56 Å². The number of amides is 2. The molecule has 0 saturated carbocycles. The maximum absolute atomic E-state index is 12.3. The lowest BCUT2D eigenvalue weighted by Gasteiger charge is -2.36. The molecule has 1 aromatic heterocycles. The van der Waals surface area contributed by atoms with E-state index >= 15 is 0 Å². The minimum absolute atomic E-state index is 0.150. The minimum Gasteiger partial charge on any atom is -0.444 e. The highest BCUT2D eigenvalue weighted by Gasteiger charge is 2.26. The molecule has 1 N–H and O–H groups in total. The van der Waals surface area contributed by atoms with Gasteiger partial charge >= 0.3 is 6.09 Å². The lowest BCUT2D eigenvalue weighted by Crippen LogP contribution is -2.50. The first-order valence-corrected chi connectivity index (χ1v) is 9.83. The number of pyridine rings is 1. The highest BCUT2D eigenvalue weighted by molar-refractivity contribution is 5.94. The molecule has 1 saturated heterocycles. The number of hydrogen-bond acceptors (Lipinski definition) is 5. The Hall–Kier alpha value is -3.09. The van der Waals surface area contributed by atoms with E-state index in [9.17, 15) is 9.59 Å². The molecular formula is C22H28N4O3. The van der Waals surface area contributed by atoms with Gasteiger partial charge in [-0.3, -0.25) is 4.79 Å². The summed E-state index contributed by atoms with van der Waals surface area (Å²) in [5.74, 6) is 0.649. The maximum Gasteiger partial charge on any atom is 0.410 e. The fraction of sp³-hybridized carbons (Fsp3) is 0.409. The van der Waals surface area contributed by atoms with E-state index in [1.54, 1.807) is 17.2 Å². The van der Waals surface area contributed by atoms with Crippen LogP contribution in [-0.4, -0.2) is 53.7 Å². The summed E-state index contributed by atoms with van der Waals surface area (Å²) in [6.45, 7) is 8.57. The Morgan fingerprint density at radius 1 is 1.03 bits per heavy atom. The molecule has 1 fully saturated rings. The van der Waals surface area contributed by atoms with Crippen molar-refractivity contribution in [3.05, 3.63) is 59.8 Å². The smallest absolute Gasteiger partial charge is 0.410 e. The van der Waals surface area contributed by atoms with Gasteiger partial charge in [0.2, 0.25) is 0 Å². The Morgan fingerprint density at radius 2 is 1.72 bits per heavy atom. The van der Waals surface area contributed by atoms with Crippen LogP contribution in [0.3, 0.4) is 0 Å². The van der Waals surface area contributed by atoms with Crippen LogP contribution in [0.4, 0.5) is 10.6 Å². The van der Waals surface area contributed by atoms with Gasteiger partial charge in [-0.25, -0.2) is 9.78 Å². The molecule has 0 bridgehead atoms. The first kappa shape index (κ1) is 20.6. The van der Waals surface area contributed by atoms with E-state index in [1.807, 2.05) is 57.2 Å². The van der Waals surface area contributed by atoms with Crippen molar-refractivity contribution in [1.29, 1.82) is 0 Å². The summed E-state index contributed by atoms with van der Waals surface area (Å²) < 4.78 is 5.42. The molecule has 0 spiro atoms. The third-order valence-corrected chi connectivity index (χ3v) is 4.56. The Labute approximate surface area is 171 Å². The number of anilines is 1. The average Bonchev–Trinajstić information content (AvgIpc) is 2.72. The topological polar surface area (TPSA) is 74.8 Å². The van der Waals surface area contributed by atoms with E-state index in [-0.39, 0.29) is 12.0 Å². The number of ether oxygens (including phenoxy) is 1. The second-order valence-electron chi connectivity index (χ2n) is 8.03. The fourth-order valence-electron chi connectivity index (χ4n) is 3.03. The standard InChI is InChI=1S/C22H28N4O3/c1-22(2,3)29-21(28)26-13-11-25(12-14-26)19-10-9-18(16-23-19)20(27)24-15-17-7-5-4-6-8-17/h4-10,16H,11-15H2,1-3H3,(H,24,27). The van der Waals surface area contributed by atoms with Crippen LogP contribution in [0.25, 0.3) is 0 Å². The molecule has 0 unspecified atom stereocenters. The molecular weight excluding hydrogens is 368 g/mol. The van der Waals surface area contributed by atoms with Crippen LogP contribution >= 0.6 is 0 Å². The van der Waals surface area contributed by atoms with Crippen LogP contribution < -0.4 is 10.2 Å². The van der Waals surface area contributed by atoms with E-state index in [1.165, 1.54) is 0 Å². The van der Waals surface area contributed by atoms with Crippen LogP contribution in [0, 0.1) is 0 Å². The summed E-state index contributed by atoms with van der Waals surface area (Å²) >= 11 is 0. The summed E-state index contributed by atoms with van der Waals surface area (Å²) in [4.78, 5) is 32.7. The number of rotatable bonds is 4. The van der Waals surface area contributed by atoms with E-state index in [0.29, 0.717) is 38.3 Å². The molecule has 1 aromatic carbocycles. The lowest BCUT2D eigenvalue weighted by atomic mass is 10.2. The molecule has 7 heteroatoms. The average molecular weight is 396 g/mol. The molecule has 2 amide bonds. The summed E-state index contributed by atoms with van der Waals surface area (Å²) in [7, 11) is 0. The molecule has 3 rings (SSSR count). The maximum atomic E-state index is 12.3. The SMILES string of the molecule is CC(C)(C)OC(=O)N1CCN(c2ccc(C(=O)NCc3ccccc3)cn2)CC1. The van der Waals surface area contributed by atoms with Crippen molar-refractivity contribution in [3.63, 3.8) is 0 Å². The van der Waals surface area contributed by atoms with Crippen molar-refractivity contribution in [3.8, 4) is 0 Å². The van der Waals surface area contributed by atoms with Crippen molar-refractivity contribution in [2.45, 2.75) is 32.9 Å². The molecule has 29 heavy (non-hydrogen) atoms. The Bertz CT molecular complexity index is 823. The lowest BCUT2D eigenvalue weighted by molar-refractivity contribution is 0.0240. The molecule has 1 aliphatic rings. The molecule has 7 nitrogen and oxygen atoms in total. The van der Waals surface area contributed by atoms with Crippen LogP contribution in [-0.2, 0) is 11.3 Å². The van der Waals surface area contributed by atoms with Crippen LogP contribution in [0.15, 0.2) is 48.7 Å². The van der Waals surface area contributed by atoms with Crippen LogP contribution in [0.2, 0.25) is 0 Å². The van der Waals surface area contributed by atoms with Gasteiger partial charge in [-0.2, -0.15) is 0 Å². The van der Waals surface area contributed by atoms with Gasteiger partial charge in [0.25, 0.3) is 5.91 Å². The highest BCUT2D eigenvalue weighted by Crippen LogP contribution is 2.16. The molecule has 2 heterocycles. The van der Waals surface area contributed by atoms with Gasteiger partial charge in [0, 0.05) is 38.9 Å². The van der Waals surface area contributed by atoms with Gasteiger partial charge in [-0.15, -0.1) is 0 Å². The zero-order valence-corrected chi connectivity index (χ0v) is 17.2. The summed E-state index contributed by atoms with van der Waals surface area (Å²) in [6.07, 6.45) is 1.31. The molecule has 2 aromatic rings. The number of nitrogens with zero attached hydrogens (tertiary/aromatic N) is 3. The second-order valence-corrected chi connectivity index (χ2v) is 8.03. The molecule has 0 aliphatic carbocycles. The molecule has 1 aliphatic heterocycles. The van der Waals surface area contributed by atoms with Crippen molar-refractivity contribution >= 4 is 17.8 Å². The second kappa shape index (κ2) is 8.94. The Morgan fingerprint density at radius 3 is 2.31 bits per heavy atom. The monoisotopic (exact) mass is 396 g/mol. The number of aromatic nitrogens is 1. The van der Waals surface area contributed by atoms with Crippen LogP contribution in [0.5, 0.6) is 0 Å². The molecule has 0 atom stereocenters. The summed E-state index contributed by atoms with van der Waals surface area (Å²) in [5, 5.41) is 2.90.